The summed E-state index contributed by atoms with van der Waals surface area (Å²) in [5.41, 5.74) is 11.7. The topological polar surface area (TPSA) is 85.7 Å². The van der Waals surface area contributed by atoms with Crippen molar-refractivity contribution in [2.75, 3.05) is 7.11 Å². The summed E-state index contributed by atoms with van der Waals surface area (Å²) in [6.45, 7) is 1.11. The van der Waals surface area contributed by atoms with Crippen molar-refractivity contribution in [3.8, 4) is 11.1 Å². The minimum atomic E-state index is -0.906. The van der Waals surface area contributed by atoms with Gasteiger partial charge in [-0.2, -0.15) is 0 Å². The summed E-state index contributed by atoms with van der Waals surface area (Å²) in [5.74, 6) is -1.25. The van der Waals surface area contributed by atoms with Crippen molar-refractivity contribution in [2.45, 2.75) is 19.6 Å². The molecule has 0 aliphatic heterocycles. The summed E-state index contributed by atoms with van der Waals surface area (Å²) in [7, 11) is 1.69. The van der Waals surface area contributed by atoms with E-state index in [1.54, 1.807) is 13.4 Å². The molecule has 0 radical (unpaired) electrons. The number of carboxylic acids is 1. The zero-order valence-corrected chi connectivity index (χ0v) is 17.2. The fourth-order valence-corrected chi connectivity index (χ4v) is 3.18. The quantitative estimate of drug-likeness (QED) is 0.449. The molecule has 0 spiro atoms. The number of hydrogen-bond donors (Lipinski definition) is 2. The van der Waals surface area contributed by atoms with Crippen LogP contribution in [0.2, 0.25) is 0 Å². The largest absolute Gasteiger partial charge is 0.481 e. The lowest BCUT2D eigenvalue weighted by atomic mass is 10.0. The van der Waals surface area contributed by atoms with Crippen molar-refractivity contribution < 1.29 is 23.4 Å². The number of halogens is 1. The molecule has 3 aromatic carbocycles. The Hall–Kier alpha value is -3.48. The predicted molar refractivity (Wildman–Crippen MR) is 118 cm³/mol. The lowest BCUT2D eigenvalue weighted by molar-refractivity contribution is -0.136. The van der Waals surface area contributed by atoms with E-state index in [1.807, 2.05) is 18.2 Å². The maximum absolute atomic E-state index is 12.3. The lowest BCUT2D eigenvalue weighted by Gasteiger charge is -2.05. The van der Waals surface area contributed by atoms with Gasteiger partial charge in [0, 0.05) is 24.6 Å². The van der Waals surface area contributed by atoms with E-state index in [9.17, 15) is 9.18 Å². The molecule has 0 aliphatic carbocycles. The molecular formula is C25H24FNO4. The van der Waals surface area contributed by atoms with Crippen molar-refractivity contribution in [1.29, 1.82) is 0 Å². The number of nitrogens with two attached hydrogens (primary N) is 1. The molecule has 0 saturated heterocycles. The van der Waals surface area contributed by atoms with Crippen LogP contribution >= 0.6 is 0 Å². The van der Waals surface area contributed by atoms with Crippen LogP contribution in [0.4, 0.5) is 4.39 Å². The molecule has 0 unspecified atom stereocenters. The smallest absolute Gasteiger partial charge is 0.307 e. The molecule has 0 atom stereocenters. The number of aliphatic carboxylic acids is 1. The number of ether oxygens (including phenoxy) is 1. The van der Waals surface area contributed by atoms with Crippen LogP contribution < -0.4 is 5.73 Å². The molecule has 1 aromatic heterocycles. The zero-order chi connectivity index (χ0) is 22.2. The van der Waals surface area contributed by atoms with E-state index in [-0.39, 0.29) is 12.2 Å². The molecule has 0 bridgehead atoms. The fraction of sp³-hybridized carbons (Fsp3) is 0.160. The molecule has 0 saturated carbocycles. The first-order chi connectivity index (χ1) is 15.0. The Balaban J connectivity index is 0.000000210. The standard InChI is InChI=1S/C17H17NO2.C8H7FO2/c1-19-10-15-11-20-17-6-5-14(8-16(15)17)13-4-2-3-12(7-13)9-18;9-7-3-1-6(2-4-7)5-8(10)11/h2-8,11H,9-10,18H2,1H3;1-4H,5H2,(H,10,11). The third-order valence-electron chi connectivity index (χ3n) is 4.72. The third-order valence-corrected chi connectivity index (χ3v) is 4.72. The van der Waals surface area contributed by atoms with E-state index in [2.05, 4.69) is 24.3 Å². The molecule has 0 amide bonds. The van der Waals surface area contributed by atoms with Gasteiger partial charge in [-0.15, -0.1) is 0 Å². The highest BCUT2D eigenvalue weighted by atomic mass is 19.1. The van der Waals surface area contributed by atoms with E-state index in [4.69, 9.17) is 20.0 Å². The van der Waals surface area contributed by atoms with Gasteiger partial charge in [0.25, 0.3) is 0 Å². The molecule has 6 heteroatoms. The van der Waals surface area contributed by atoms with E-state index in [0.717, 1.165) is 27.7 Å². The van der Waals surface area contributed by atoms with Crippen LogP contribution in [0.5, 0.6) is 0 Å². The summed E-state index contributed by atoms with van der Waals surface area (Å²) in [4.78, 5) is 10.2. The monoisotopic (exact) mass is 421 g/mol. The van der Waals surface area contributed by atoms with E-state index in [0.29, 0.717) is 18.7 Å². The first kappa shape index (κ1) is 22.2. The second-order valence-electron chi connectivity index (χ2n) is 7.01. The van der Waals surface area contributed by atoms with Gasteiger partial charge in [-0.3, -0.25) is 4.79 Å². The molecule has 31 heavy (non-hydrogen) atoms. The number of benzene rings is 3. The fourth-order valence-electron chi connectivity index (χ4n) is 3.18. The predicted octanol–water partition coefficient (Wildman–Crippen LogP) is 5.16. The SMILES string of the molecule is COCc1coc2ccc(-c3cccc(CN)c3)cc12.O=C(O)Cc1ccc(F)cc1. The van der Waals surface area contributed by atoms with Crippen LogP contribution in [0, 0.1) is 5.82 Å². The van der Waals surface area contributed by atoms with Gasteiger partial charge >= 0.3 is 5.97 Å². The molecule has 160 valence electrons. The Morgan fingerprint density at radius 1 is 1.03 bits per heavy atom. The molecule has 4 aromatic rings. The molecular weight excluding hydrogens is 397 g/mol. The average molecular weight is 421 g/mol. The van der Waals surface area contributed by atoms with Crippen LogP contribution in [-0.2, 0) is 29.1 Å². The number of carbonyl (C=O) groups is 1. The van der Waals surface area contributed by atoms with E-state index >= 15 is 0 Å². The van der Waals surface area contributed by atoms with Gasteiger partial charge in [-0.1, -0.05) is 36.4 Å². The molecule has 5 nitrogen and oxygen atoms in total. The second kappa shape index (κ2) is 10.5. The van der Waals surface area contributed by atoms with Crippen LogP contribution in [0.25, 0.3) is 22.1 Å². The van der Waals surface area contributed by atoms with Crippen LogP contribution in [0.3, 0.4) is 0 Å². The van der Waals surface area contributed by atoms with Crippen molar-refractivity contribution in [3.63, 3.8) is 0 Å². The van der Waals surface area contributed by atoms with Gasteiger partial charge < -0.3 is 20.0 Å². The van der Waals surface area contributed by atoms with Crippen LogP contribution in [-0.4, -0.2) is 18.2 Å². The summed E-state index contributed by atoms with van der Waals surface area (Å²) in [6.07, 6.45) is 1.70. The highest BCUT2D eigenvalue weighted by molar-refractivity contribution is 5.86. The van der Waals surface area contributed by atoms with Gasteiger partial charge in [0.15, 0.2) is 0 Å². The first-order valence-electron chi connectivity index (χ1n) is 9.75. The highest BCUT2D eigenvalue weighted by Crippen LogP contribution is 2.28. The van der Waals surface area contributed by atoms with Gasteiger partial charge in [-0.05, 0) is 52.6 Å². The van der Waals surface area contributed by atoms with Gasteiger partial charge in [0.2, 0.25) is 0 Å². The molecule has 4 rings (SSSR count). The Bertz CT molecular complexity index is 1150. The minimum Gasteiger partial charge on any atom is -0.481 e. The summed E-state index contributed by atoms with van der Waals surface area (Å²) in [6, 6.07) is 19.9. The Morgan fingerprint density at radius 2 is 1.77 bits per heavy atom. The molecule has 1 heterocycles. The minimum absolute atomic E-state index is 0.0553. The van der Waals surface area contributed by atoms with Gasteiger partial charge in [0.1, 0.15) is 11.4 Å². The first-order valence-corrected chi connectivity index (χ1v) is 9.75. The second-order valence-corrected chi connectivity index (χ2v) is 7.01. The summed E-state index contributed by atoms with van der Waals surface area (Å²) >= 11 is 0. The number of hydrogen-bond acceptors (Lipinski definition) is 4. The van der Waals surface area contributed by atoms with E-state index < -0.39 is 5.97 Å². The summed E-state index contributed by atoms with van der Waals surface area (Å²) < 4.78 is 23.0. The van der Waals surface area contributed by atoms with Crippen LogP contribution in [0.1, 0.15) is 16.7 Å². The number of rotatable bonds is 6. The maximum atomic E-state index is 12.3. The lowest BCUT2D eigenvalue weighted by Crippen LogP contribution is -1.99. The van der Waals surface area contributed by atoms with Crippen molar-refractivity contribution in [1.82, 2.24) is 0 Å². The zero-order valence-electron chi connectivity index (χ0n) is 17.2. The van der Waals surface area contributed by atoms with Crippen molar-refractivity contribution >= 4 is 16.9 Å². The van der Waals surface area contributed by atoms with Gasteiger partial charge in [0.05, 0.1) is 19.3 Å². The third kappa shape index (κ3) is 6.01. The Morgan fingerprint density at radius 3 is 2.45 bits per heavy atom. The summed E-state index contributed by atoms with van der Waals surface area (Å²) in [5, 5.41) is 9.44. The van der Waals surface area contributed by atoms with Crippen molar-refractivity contribution in [2.24, 2.45) is 5.73 Å². The van der Waals surface area contributed by atoms with Crippen molar-refractivity contribution in [3.05, 3.63) is 95.5 Å². The highest BCUT2D eigenvalue weighted by Gasteiger charge is 2.08. The molecule has 0 aliphatic rings. The maximum Gasteiger partial charge on any atom is 0.307 e. The Kier molecular flexibility index (Phi) is 7.54. The molecule has 3 N–H and O–H groups in total. The number of furan rings is 1. The number of carboxylic acid groups (broad SMARTS) is 1. The Labute approximate surface area is 179 Å². The normalized spacial score (nSPS) is 10.5. The average Bonchev–Trinajstić information content (AvgIpc) is 3.18. The van der Waals surface area contributed by atoms with Gasteiger partial charge in [-0.25, -0.2) is 4.39 Å². The van der Waals surface area contributed by atoms with Crippen LogP contribution in [0.15, 0.2) is 77.4 Å². The van der Waals surface area contributed by atoms with E-state index in [1.165, 1.54) is 29.8 Å². The number of methoxy groups -OCH3 is 1. The molecule has 0 fully saturated rings. The number of fused-ring (bicyclic) bond motifs is 1.